The minimum atomic E-state index is -7.00. The summed E-state index contributed by atoms with van der Waals surface area (Å²) in [5, 5.41) is -12.1. The van der Waals surface area contributed by atoms with Crippen molar-refractivity contribution < 1.29 is 43.5 Å². The van der Waals surface area contributed by atoms with Crippen LogP contribution < -0.4 is 0 Å². The molecule has 0 bridgehead atoms. The number of halogens is 8. The van der Waals surface area contributed by atoms with E-state index in [9.17, 15) is 43.5 Å². The molecule has 11 heteroatoms. The third-order valence-corrected chi connectivity index (χ3v) is 4.03. The first-order valence-corrected chi connectivity index (χ1v) is 4.94. The van der Waals surface area contributed by atoms with E-state index < -0.39 is 38.6 Å². The van der Waals surface area contributed by atoms with Crippen LogP contribution in [0.25, 0.3) is 0 Å². The lowest BCUT2D eigenvalue weighted by Crippen LogP contribution is -2.53. The summed E-state index contributed by atoms with van der Waals surface area (Å²) in [6.07, 6.45) is -9.75. The van der Waals surface area contributed by atoms with Gasteiger partial charge in [-0.2, -0.15) is 17.6 Å². The molecule has 0 aromatic carbocycles. The molecule has 1 saturated heterocycles. The highest BCUT2D eigenvalue weighted by atomic mass is 32.2. The normalized spacial score (nSPS) is 40.2. The topological polar surface area (TPSA) is 34.1 Å². The van der Waals surface area contributed by atoms with Crippen LogP contribution in [0.2, 0.25) is 0 Å². The van der Waals surface area contributed by atoms with Gasteiger partial charge in [-0.15, -0.1) is 0 Å². The summed E-state index contributed by atoms with van der Waals surface area (Å²) in [5.74, 6) is 0. The highest BCUT2D eigenvalue weighted by Crippen LogP contribution is 2.59. The summed E-state index contributed by atoms with van der Waals surface area (Å²) < 4.78 is 120. The highest BCUT2D eigenvalue weighted by molar-refractivity contribution is 7.94. The Kier molecular flexibility index (Phi) is 2.51. The van der Waals surface area contributed by atoms with E-state index in [2.05, 4.69) is 0 Å². The Hall–Kier alpha value is -0.610. The standard InChI is InChI=1S/C5H2F8O2S/c6-1-3(9,2(7)8)5(12,13)16(14,15)4(1,10)11/h1-2H. The fraction of sp³-hybridized carbons (Fsp3) is 1.00. The van der Waals surface area contributed by atoms with Crippen LogP contribution in [0.15, 0.2) is 0 Å². The summed E-state index contributed by atoms with van der Waals surface area (Å²) in [4.78, 5) is 0. The largest absolute Gasteiger partial charge is 0.393 e. The molecule has 2 nitrogen and oxygen atoms in total. The number of rotatable bonds is 1. The first-order valence-electron chi connectivity index (χ1n) is 3.46. The van der Waals surface area contributed by atoms with Crippen LogP contribution >= 0.6 is 0 Å². The van der Waals surface area contributed by atoms with Gasteiger partial charge < -0.3 is 0 Å². The molecule has 0 spiro atoms. The van der Waals surface area contributed by atoms with Crippen molar-refractivity contribution in [3.05, 3.63) is 0 Å². The maximum atomic E-state index is 12.9. The van der Waals surface area contributed by atoms with Gasteiger partial charge in [-0.1, -0.05) is 0 Å². The molecule has 0 aromatic heterocycles. The lowest BCUT2D eigenvalue weighted by molar-refractivity contribution is -0.191. The SMILES string of the molecule is O=S1(=O)C(F)(F)C(F)C(F)(C(F)F)C1(F)F. The smallest absolute Gasteiger partial charge is 0.235 e. The first-order chi connectivity index (χ1) is 6.85. The molecule has 1 rings (SSSR count). The van der Waals surface area contributed by atoms with Gasteiger partial charge in [0, 0.05) is 0 Å². The summed E-state index contributed by atoms with van der Waals surface area (Å²) in [6, 6.07) is 0. The molecule has 0 amide bonds. The predicted octanol–water partition coefficient (Wildman–Crippen LogP) is 1.91. The van der Waals surface area contributed by atoms with E-state index in [0.29, 0.717) is 0 Å². The summed E-state index contributed by atoms with van der Waals surface area (Å²) >= 11 is 0. The van der Waals surface area contributed by atoms with E-state index in [0.717, 1.165) is 0 Å². The fourth-order valence-electron chi connectivity index (χ4n) is 1.14. The van der Waals surface area contributed by atoms with Crippen molar-refractivity contribution in [2.75, 3.05) is 0 Å². The zero-order chi connectivity index (χ0) is 13.2. The Labute approximate surface area is 83.1 Å². The van der Waals surface area contributed by atoms with E-state index in [4.69, 9.17) is 0 Å². The van der Waals surface area contributed by atoms with Crippen LogP contribution in [-0.4, -0.2) is 37.2 Å². The van der Waals surface area contributed by atoms with E-state index in [-0.39, 0.29) is 0 Å². The van der Waals surface area contributed by atoms with Gasteiger partial charge in [0.05, 0.1) is 0 Å². The van der Waals surface area contributed by atoms with Gasteiger partial charge >= 0.3 is 10.5 Å². The highest BCUT2D eigenvalue weighted by Gasteiger charge is 2.90. The molecule has 0 saturated carbocycles. The third kappa shape index (κ3) is 1.04. The van der Waals surface area contributed by atoms with Crippen molar-refractivity contribution in [3.8, 4) is 0 Å². The monoisotopic (exact) mass is 278 g/mol. The molecule has 2 atom stereocenters. The van der Waals surface area contributed by atoms with Gasteiger partial charge in [0.1, 0.15) is 0 Å². The Morgan fingerprint density at radius 2 is 1.38 bits per heavy atom. The van der Waals surface area contributed by atoms with E-state index in [1.807, 2.05) is 0 Å². The minimum absolute atomic E-state index is 4.83. The van der Waals surface area contributed by atoms with Crippen LogP contribution in [0.3, 0.4) is 0 Å². The van der Waals surface area contributed by atoms with Crippen LogP contribution in [0.4, 0.5) is 35.1 Å². The van der Waals surface area contributed by atoms with Gasteiger partial charge in [0.2, 0.25) is 6.17 Å². The molecule has 16 heavy (non-hydrogen) atoms. The Bertz CT molecular complexity index is 403. The zero-order valence-corrected chi connectivity index (χ0v) is 7.72. The Balaban J connectivity index is 3.61. The lowest BCUT2D eigenvalue weighted by atomic mass is 10.0. The predicted molar refractivity (Wildman–Crippen MR) is 33.6 cm³/mol. The summed E-state index contributed by atoms with van der Waals surface area (Å²) in [6.45, 7) is 0. The Morgan fingerprint density at radius 1 is 1.00 bits per heavy atom. The van der Waals surface area contributed by atoms with Gasteiger partial charge in [-0.05, 0) is 0 Å². The van der Waals surface area contributed by atoms with Crippen LogP contribution in [-0.2, 0) is 9.84 Å². The van der Waals surface area contributed by atoms with Crippen molar-refractivity contribution in [3.63, 3.8) is 0 Å². The van der Waals surface area contributed by atoms with Crippen LogP contribution in [0, 0.1) is 0 Å². The molecule has 1 aliphatic rings. The van der Waals surface area contributed by atoms with E-state index in [1.165, 1.54) is 0 Å². The first kappa shape index (κ1) is 13.5. The second kappa shape index (κ2) is 2.99. The summed E-state index contributed by atoms with van der Waals surface area (Å²) in [5.41, 5.74) is -5.75. The maximum absolute atomic E-state index is 12.9. The molecular weight excluding hydrogens is 276 g/mol. The second-order valence-corrected chi connectivity index (χ2v) is 5.08. The van der Waals surface area contributed by atoms with Crippen molar-refractivity contribution in [1.82, 2.24) is 0 Å². The molecule has 0 radical (unpaired) electrons. The van der Waals surface area contributed by atoms with Gasteiger partial charge in [0.15, 0.2) is 0 Å². The average molecular weight is 278 g/mol. The van der Waals surface area contributed by atoms with Crippen molar-refractivity contribution >= 4 is 9.84 Å². The third-order valence-electron chi connectivity index (χ3n) is 2.12. The molecule has 0 N–H and O–H groups in total. The number of sulfone groups is 1. The van der Waals surface area contributed by atoms with Gasteiger partial charge in [0.25, 0.3) is 21.9 Å². The van der Waals surface area contributed by atoms with Crippen molar-refractivity contribution in [1.29, 1.82) is 0 Å². The quantitative estimate of drug-likeness (QED) is 0.687. The second-order valence-electron chi connectivity index (χ2n) is 3.01. The van der Waals surface area contributed by atoms with Gasteiger partial charge in [-0.25, -0.2) is 26.0 Å². The minimum Gasteiger partial charge on any atom is -0.235 e. The molecular formula is C5H2F8O2S. The Morgan fingerprint density at radius 3 is 1.50 bits per heavy atom. The number of hydrogen-bond acceptors (Lipinski definition) is 2. The molecule has 1 fully saturated rings. The molecule has 0 aromatic rings. The fourth-order valence-corrected chi connectivity index (χ4v) is 2.53. The molecule has 1 aliphatic heterocycles. The average Bonchev–Trinajstić information content (AvgIpc) is 2.18. The van der Waals surface area contributed by atoms with E-state index in [1.54, 1.807) is 0 Å². The molecule has 1 heterocycles. The lowest BCUT2D eigenvalue weighted by Gasteiger charge is -2.24. The van der Waals surface area contributed by atoms with Crippen molar-refractivity contribution in [2.45, 2.75) is 28.8 Å². The molecule has 0 aliphatic carbocycles. The van der Waals surface area contributed by atoms with E-state index >= 15 is 0 Å². The van der Waals surface area contributed by atoms with Crippen molar-refractivity contribution in [2.24, 2.45) is 0 Å². The molecule has 2 unspecified atom stereocenters. The maximum Gasteiger partial charge on any atom is 0.393 e. The number of hydrogen-bond donors (Lipinski definition) is 0. The van der Waals surface area contributed by atoms with Crippen LogP contribution in [0.1, 0.15) is 0 Å². The van der Waals surface area contributed by atoms with Crippen LogP contribution in [0.5, 0.6) is 0 Å². The van der Waals surface area contributed by atoms with Gasteiger partial charge in [-0.3, -0.25) is 0 Å². The zero-order valence-electron chi connectivity index (χ0n) is 6.90. The number of alkyl halides is 8. The summed E-state index contributed by atoms with van der Waals surface area (Å²) in [7, 11) is -7.00. The molecule has 96 valence electrons.